The first-order valence-corrected chi connectivity index (χ1v) is 11.5. The fourth-order valence-corrected chi connectivity index (χ4v) is 4.52. The third-order valence-electron chi connectivity index (χ3n) is 5.39. The highest BCUT2D eigenvalue weighted by Crippen LogP contribution is 2.40. The van der Waals surface area contributed by atoms with E-state index in [0.717, 1.165) is 38.5 Å². The summed E-state index contributed by atoms with van der Waals surface area (Å²) in [5.74, 6) is 0. The highest BCUT2D eigenvalue weighted by molar-refractivity contribution is 7.19. The van der Waals surface area contributed by atoms with Crippen LogP contribution in [0.2, 0.25) is 0 Å². The van der Waals surface area contributed by atoms with Crippen molar-refractivity contribution in [2.45, 2.75) is 13.8 Å². The quantitative estimate of drug-likeness (QED) is 0.189. The van der Waals surface area contributed by atoms with Gasteiger partial charge >= 0.3 is 0 Å². The van der Waals surface area contributed by atoms with Gasteiger partial charge in [0.25, 0.3) is 5.69 Å². The fraction of sp³-hybridized carbons (Fsp3) is 0.154. The average molecular weight is 472 g/mol. The van der Waals surface area contributed by atoms with Crippen LogP contribution in [0.3, 0.4) is 0 Å². The monoisotopic (exact) mass is 471 g/mol. The summed E-state index contributed by atoms with van der Waals surface area (Å²) < 4.78 is 0. The van der Waals surface area contributed by atoms with Crippen molar-refractivity contribution in [2.24, 2.45) is 5.10 Å². The van der Waals surface area contributed by atoms with Crippen molar-refractivity contribution in [2.75, 3.05) is 24.4 Å². The maximum atomic E-state index is 11.1. The summed E-state index contributed by atoms with van der Waals surface area (Å²) in [7, 11) is 4.01. The second kappa shape index (κ2) is 9.84. The molecule has 34 heavy (non-hydrogen) atoms. The molecule has 8 heteroatoms. The predicted molar refractivity (Wildman–Crippen MR) is 141 cm³/mol. The zero-order valence-corrected chi connectivity index (χ0v) is 20.3. The van der Waals surface area contributed by atoms with Crippen molar-refractivity contribution in [1.29, 1.82) is 0 Å². The zero-order chi connectivity index (χ0) is 24.2. The van der Waals surface area contributed by atoms with Crippen molar-refractivity contribution in [3.8, 4) is 21.7 Å². The van der Waals surface area contributed by atoms with Crippen molar-refractivity contribution < 1.29 is 4.92 Å². The number of anilines is 2. The number of rotatable bonds is 7. The van der Waals surface area contributed by atoms with Gasteiger partial charge in [0.05, 0.1) is 21.7 Å². The molecule has 7 nitrogen and oxygen atoms in total. The lowest BCUT2D eigenvalue weighted by Crippen LogP contribution is -2.08. The minimum absolute atomic E-state index is 0.0598. The van der Waals surface area contributed by atoms with E-state index in [1.165, 1.54) is 29.0 Å². The smallest absolute Gasteiger partial charge is 0.269 e. The van der Waals surface area contributed by atoms with E-state index in [2.05, 4.69) is 42.6 Å². The van der Waals surface area contributed by atoms with E-state index >= 15 is 0 Å². The lowest BCUT2D eigenvalue weighted by molar-refractivity contribution is -0.384. The standard InChI is InChI=1S/C26H25N5O2S/c1-17-5-14-23(18(2)15-17)24-25(20-8-12-22(13-9-20)31(32)33)34-26(28-24)29-27-16-19-6-10-21(11-7-19)30(3)4/h5-16H,1-4H3,(H,28,29)/b27-16-. The molecule has 0 spiro atoms. The van der Waals surface area contributed by atoms with Crippen LogP contribution in [0.15, 0.2) is 71.8 Å². The Morgan fingerprint density at radius 1 is 1.03 bits per heavy atom. The maximum Gasteiger partial charge on any atom is 0.269 e. The van der Waals surface area contributed by atoms with Crippen LogP contribution < -0.4 is 10.3 Å². The lowest BCUT2D eigenvalue weighted by atomic mass is 10.0. The number of non-ortho nitro benzene ring substituents is 1. The molecule has 0 saturated carbocycles. The Labute approximate surface area is 202 Å². The molecule has 0 unspecified atom stereocenters. The molecule has 0 radical (unpaired) electrons. The molecular weight excluding hydrogens is 446 g/mol. The molecule has 0 bridgehead atoms. The van der Waals surface area contributed by atoms with Gasteiger partial charge in [-0.15, -0.1) is 0 Å². The Kier molecular flexibility index (Phi) is 6.70. The Morgan fingerprint density at radius 3 is 2.35 bits per heavy atom. The molecule has 1 aromatic heterocycles. The van der Waals surface area contributed by atoms with Gasteiger partial charge in [0, 0.05) is 37.5 Å². The maximum absolute atomic E-state index is 11.1. The molecule has 0 saturated heterocycles. The normalized spacial score (nSPS) is 11.1. The first kappa shape index (κ1) is 23.1. The summed E-state index contributed by atoms with van der Waals surface area (Å²) in [6.07, 6.45) is 1.75. The van der Waals surface area contributed by atoms with E-state index in [9.17, 15) is 10.1 Å². The molecule has 4 aromatic rings. The number of benzene rings is 3. The minimum atomic E-state index is -0.395. The predicted octanol–water partition coefficient (Wildman–Crippen LogP) is 6.51. The van der Waals surface area contributed by atoms with Gasteiger partial charge in [0.2, 0.25) is 5.13 Å². The van der Waals surface area contributed by atoms with Crippen molar-refractivity contribution in [1.82, 2.24) is 4.98 Å². The number of nitrogens with one attached hydrogen (secondary N) is 1. The highest BCUT2D eigenvalue weighted by atomic mass is 32.1. The first-order chi connectivity index (χ1) is 16.3. The molecule has 0 atom stereocenters. The lowest BCUT2D eigenvalue weighted by Gasteiger charge is -2.11. The number of aryl methyl sites for hydroxylation is 2. The summed E-state index contributed by atoms with van der Waals surface area (Å²) in [5.41, 5.74) is 10.2. The van der Waals surface area contributed by atoms with E-state index in [0.29, 0.717) is 5.13 Å². The van der Waals surface area contributed by atoms with Gasteiger partial charge in [-0.05, 0) is 54.8 Å². The average Bonchev–Trinajstić information content (AvgIpc) is 3.23. The van der Waals surface area contributed by atoms with Crippen molar-refractivity contribution in [3.05, 3.63) is 93.5 Å². The molecule has 0 aliphatic carbocycles. The van der Waals surface area contributed by atoms with Crippen LogP contribution in [-0.2, 0) is 0 Å². The van der Waals surface area contributed by atoms with Crippen molar-refractivity contribution >= 4 is 34.1 Å². The second-order valence-electron chi connectivity index (χ2n) is 8.18. The number of nitro groups is 1. The van der Waals surface area contributed by atoms with Gasteiger partial charge in [-0.2, -0.15) is 5.10 Å². The summed E-state index contributed by atoms with van der Waals surface area (Å²) >= 11 is 1.46. The van der Waals surface area contributed by atoms with E-state index in [1.54, 1.807) is 18.3 Å². The van der Waals surface area contributed by atoms with E-state index in [4.69, 9.17) is 4.98 Å². The Balaban J connectivity index is 1.66. The molecule has 172 valence electrons. The largest absolute Gasteiger partial charge is 0.378 e. The zero-order valence-electron chi connectivity index (χ0n) is 19.4. The van der Waals surface area contributed by atoms with Gasteiger partial charge in [-0.25, -0.2) is 4.98 Å². The summed E-state index contributed by atoms with van der Waals surface area (Å²) in [6, 6.07) is 20.9. The molecule has 1 heterocycles. The van der Waals surface area contributed by atoms with Crippen molar-refractivity contribution in [3.63, 3.8) is 0 Å². The van der Waals surface area contributed by atoms with Gasteiger partial charge in [0.15, 0.2) is 0 Å². The molecule has 0 aliphatic heterocycles. The third-order valence-corrected chi connectivity index (χ3v) is 6.40. The fourth-order valence-electron chi connectivity index (χ4n) is 3.58. The highest BCUT2D eigenvalue weighted by Gasteiger charge is 2.17. The molecule has 0 aliphatic rings. The van der Waals surface area contributed by atoms with Crippen LogP contribution in [-0.4, -0.2) is 30.2 Å². The summed E-state index contributed by atoms with van der Waals surface area (Å²) in [6.45, 7) is 4.12. The van der Waals surface area contributed by atoms with Crippen LogP contribution in [0, 0.1) is 24.0 Å². The Bertz CT molecular complexity index is 1340. The van der Waals surface area contributed by atoms with Gasteiger partial charge in [-0.1, -0.05) is 47.2 Å². The van der Waals surface area contributed by atoms with Crippen LogP contribution >= 0.6 is 11.3 Å². The first-order valence-electron chi connectivity index (χ1n) is 10.7. The van der Waals surface area contributed by atoms with Gasteiger partial charge in [-0.3, -0.25) is 15.5 Å². The number of aromatic nitrogens is 1. The Morgan fingerprint density at radius 2 is 1.74 bits per heavy atom. The SMILES string of the molecule is Cc1ccc(-c2nc(N/N=C\c3ccc(N(C)C)cc3)sc2-c2ccc([N+](=O)[O-])cc2)c(C)c1. The second-order valence-corrected chi connectivity index (χ2v) is 9.17. The number of hydrazone groups is 1. The number of nitrogens with zero attached hydrogens (tertiary/aromatic N) is 4. The van der Waals surface area contributed by atoms with Crippen LogP contribution in [0.4, 0.5) is 16.5 Å². The molecule has 3 aromatic carbocycles. The van der Waals surface area contributed by atoms with E-state index in [1.807, 2.05) is 43.3 Å². The van der Waals surface area contributed by atoms with E-state index < -0.39 is 4.92 Å². The number of nitro benzene ring substituents is 1. The number of hydrogen-bond acceptors (Lipinski definition) is 7. The molecule has 4 rings (SSSR count). The van der Waals surface area contributed by atoms with Crippen LogP contribution in [0.1, 0.15) is 16.7 Å². The minimum Gasteiger partial charge on any atom is -0.378 e. The van der Waals surface area contributed by atoms with Crippen LogP contribution in [0.5, 0.6) is 0 Å². The molecular formula is C26H25N5O2S. The van der Waals surface area contributed by atoms with E-state index in [-0.39, 0.29) is 5.69 Å². The topological polar surface area (TPSA) is 83.7 Å². The summed E-state index contributed by atoms with van der Waals surface area (Å²) in [4.78, 5) is 18.5. The van der Waals surface area contributed by atoms with Crippen LogP contribution in [0.25, 0.3) is 21.7 Å². The van der Waals surface area contributed by atoms with Gasteiger partial charge in [0.1, 0.15) is 0 Å². The molecule has 0 amide bonds. The number of hydrogen-bond donors (Lipinski definition) is 1. The third kappa shape index (κ3) is 5.13. The van der Waals surface area contributed by atoms with Gasteiger partial charge < -0.3 is 4.90 Å². The molecule has 1 N–H and O–H groups in total. The number of thiazole rings is 1. The Hall–Kier alpha value is -4.04. The molecule has 0 fully saturated rings. The summed E-state index contributed by atoms with van der Waals surface area (Å²) in [5, 5.41) is 16.1.